The second-order valence-corrected chi connectivity index (χ2v) is 5.14. The summed E-state index contributed by atoms with van der Waals surface area (Å²) in [4.78, 5) is 23.8. The van der Waals surface area contributed by atoms with Crippen LogP contribution in [0.4, 0.5) is 0 Å². The fourth-order valence-electron chi connectivity index (χ4n) is 2.26. The Morgan fingerprint density at radius 2 is 1.20 bits per heavy atom. The van der Waals surface area contributed by atoms with Crippen LogP contribution in [-0.2, 0) is 27.2 Å². The van der Waals surface area contributed by atoms with Gasteiger partial charge >= 0.3 is 11.9 Å². The number of hydrogen-bond acceptors (Lipinski definition) is 7. The summed E-state index contributed by atoms with van der Waals surface area (Å²) in [6.45, 7) is 0. The molecule has 7 heteroatoms. The Balaban J connectivity index is 2.00. The quantitative estimate of drug-likeness (QED) is 0.609. The van der Waals surface area contributed by atoms with Crippen LogP contribution in [0.2, 0.25) is 0 Å². The first-order chi connectivity index (χ1) is 12.0. The van der Waals surface area contributed by atoms with Gasteiger partial charge in [-0.15, -0.1) is 0 Å². The van der Waals surface area contributed by atoms with Crippen molar-refractivity contribution in [2.45, 2.75) is 12.8 Å². The molecule has 0 aliphatic rings. The molecule has 0 unspecified atom stereocenters. The maximum atomic E-state index is 11.9. The van der Waals surface area contributed by atoms with Crippen LogP contribution in [-0.4, -0.2) is 36.4 Å². The van der Waals surface area contributed by atoms with Crippen molar-refractivity contribution < 1.29 is 34.0 Å². The van der Waals surface area contributed by atoms with Gasteiger partial charge < -0.3 is 24.4 Å². The highest BCUT2D eigenvalue weighted by Gasteiger charge is 2.18. The van der Waals surface area contributed by atoms with Gasteiger partial charge in [0, 0.05) is 11.1 Å². The zero-order valence-corrected chi connectivity index (χ0v) is 13.8. The van der Waals surface area contributed by atoms with E-state index in [-0.39, 0.29) is 47.0 Å². The monoisotopic (exact) mass is 346 g/mol. The molecule has 25 heavy (non-hydrogen) atoms. The smallest absolute Gasteiger partial charge is 0.318 e. The van der Waals surface area contributed by atoms with Crippen molar-refractivity contribution in [3.8, 4) is 23.0 Å². The standard InChI is InChI=1S/C18H18O7/c1-23-13-7-3-5-11(17(13)21)9-15(19)25-16(20)10-12-6-4-8-14(24-2)18(12)22/h3-8,21-22H,9-10H2,1-2H3. The molecule has 2 N–H and O–H groups in total. The van der Waals surface area contributed by atoms with Crippen LogP contribution in [0.15, 0.2) is 36.4 Å². The number of benzene rings is 2. The molecule has 0 radical (unpaired) electrons. The van der Waals surface area contributed by atoms with Gasteiger partial charge in [0.2, 0.25) is 0 Å². The minimum Gasteiger partial charge on any atom is -0.504 e. The molecule has 0 amide bonds. The molecule has 2 aromatic carbocycles. The average molecular weight is 346 g/mol. The number of phenols is 2. The first-order valence-corrected chi connectivity index (χ1v) is 7.39. The molecule has 132 valence electrons. The molecule has 0 fully saturated rings. The van der Waals surface area contributed by atoms with E-state index in [2.05, 4.69) is 0 Å². The van der Waals surface area contributed by atoms with E-state index >= 15 is 0 Å². The lowest BCUT2D eigenvalue weighted by Crippen LogP contribution is -2.16. The van der Waals surface area contributed by atoms with E-state index in [9.17, 15) is 19.8 Å². The molecule has 0 spiro atoms. The van der Waals surface area contributed by atoms with Gasteiger partial charge in [-0.25, -0.2) is 0 Å². The van der Waals surface area contributed by atoms with E-state index < -0.39 is 11.9 Å². The molecule has 0 bridgehead atoms. The summed E-state index contributed by atoms with van der Waals surface area (Å²) in [5, 5.41) is 19.9. The lowest BCUT2D eigenvalue weighted by atomic mass is 10.1. The van der Waals surface area contributed by atoms with E-state index in [1.165, 1.54) is 26.4 Å². The Labute approximate surface area is 144 Å². The van der Waals surface area contributed by atoms with Crippen molar-refractivity contribution in [2.75, 3.05) is 14.2 Å². The van der Waals surface area contributed by atoms with Gasteiger partial charge in [0.15, 0.2) is 23.0 Å². The second-order valence-electron chi connectivity index (χ2n) is 5.14. The van der Waals surface area contributed by atoms with Crippen LogP contribution in [0.5, 0.6) is 23.0 Å². The van der Waals surface area contributed by atoms with E-state index in [1.807, 2.05) is 0 Å². The average Bonchev–Trinajstić information content (AvgIpc) is 2.58. The lowest BCUT2D eigenvalue weighted by molar-refractivity contribution is -0.158. The topological polar surface area (TPSA) is 102 Å². The summed E-state index contributed by atoms with van der Waals surface area (Å²) < 4.78 is 14.6. The molecule has 0 heterocycles. The summed E-state index contributed by atoms with van der Waals surface area (Å²) in [5.74, 6) is -1.57. The Kier molecular flexibility index (Phi) is 5.84. The highest BCUT2D eigenvalue weighted by Crippen LogP contribution is 2.31. The number of para-hydroxylation sites is 2. The number of esters is 2. The Bertz CT molecular complexity index is 717. The molecule has 0 aliphatic heterocycles. The Morgan fingerprint density at radius 3 is 1.56 bits per heavy atom. The molecule has 0 atom stereocenters. The molecule has 2 rings (SSSR count). The first kappa shape index (κ1) is 18.1. The first-order valence-electron chi connectivity index (χ1n) is 7.39. The van der Waals surface area contributed by atoms with Gasteiger partial charge in [-0.2, -0.15) is 0 Å². The van der Waals surface area contributed by atoms with Crippen molar-refractivity contribution in [3.05, 3.63) is 47.5 Å². The van der Waals surface area contributed by atoms with Crippen molar-refractivity contribution in [2.24, 2.45) is 0 Å². The van der Waals surface area contributed by atoms with Crippen molar-refractivity contribution >= 4 is 11.9 Å². The molecule has 0 saturated heterocycles. The van der Waals surface area contributed by atoms with Crippen LogP contribution in [0.3, 0.4) is 0 Å². The van der Waals surface area contributed by atoms with E-state index in [0.717, 1.165) is 0 Å². The van der Waals surface area contributed by atoms with Crippen molar-refractivity contribution in [1.29, 1.82) is 0 Å². The predicted molar refractivity (Wildman–Crippen MR) is 87.8 cm³/mol. The molecule has 2 aromatic rings. The number of hydrogen-bond donors (Lipinski definition) is 2. The third-order valence-corrected chi connectivity index (χ3v) is 3.50. The number of carbonyl (C=O) groups is 2. The van der Waals surface area contributed by atoms with E-state index in [4.69, 9.17) is 14.2 Å². The van der Waals surface area contributed by atoms with Gasteiger partial charge in [0.1, 0.15) is 0 Å². The maximum Gasteiger partial charge on any atom is 0.318 e. The predicted octanol–water partition coefficient (Wildman–Crippen LogP) is 1.97. The van der Waals surface area contributed by atoms with Gasteiger partial charge in [0.05, 0.1) is 27.1 Å². The fraction of sp³-hybridized carbons (Fsp3) is 0.222. The third kappa shape index (κ3) is 4.41. The number of aromatic hydroxyl groups is 2. The Hall–Kier alpha value is -3.22. The minimum absolute atomic E-state index is 0.181. The highest BCUT2D eigenvalue weighted by molar-refractivity contribution is 5.88. The van der Waals surface area contributed by atoms with Gasteiger partial charge in [-0.05, 0) is 12.1 Å². The number of carbonyl (C=O) groups excluding carboxylic acids is 2. The molecular weight excluding hydrogens is 328 g/mol. The largest absolute Gasteiger partial charge is 0.504 e. The number of methoxy groups -OCH3 is 2. The molecule has 0 aromatic heterocycles. The molecule has 0 saturated carbocycles. The van der Waals surface area contributed by atoms with Crippen molar-refractivity contribution in [1.82, 2.24) is 0 Å². The van der Waals surface area contributed by atoms with Crippen LogP contribution in [0, 0.1) is 0 Å². The highest BCUT2D eigenvalue weighted by atomic mass is 16.6. The SMILES string of the molecule is COc1cccc(CC(=O)OC(=O)Cc2cccc(OC)c2O)c1O. The fourth-order valence-corrected chi connectivity index (χ4v) is 2.26. The second kappa shape index (κ2) is 8.05. The zero-order chi connectivity index (χ0) is 18.4. The molecular formula is C18H18O7. The summed E-state index contributed by atoms with van der Waals surface area (Å²) >= 11 is 0. The molecule has 0 aliphatic carbocycles. The normalized spacial score (nSPS) is 10.2. The third-order valence-electron chi connectivity index (χ3n) is 3.50. The van der Waals surface area contributed by atoms with Gasteiger partial charge in [-0.3, -0.25) is 9.59 Å². The lowest BCUT2D eigenvalue weighted by Gasteiger charge is -2.09. The van der Waals surface area contributed by atoms with Crippen LogP contribution < -0.4 is 9.47 Å². The Morgan fingerprint density at radius 1 is 0.800 bits per heavy atom. The van der Waals surface area contributed by atoms with E-state index in [0.29, 0.717) is 0 Å². The van der Waals surface area contributed by atoms with Crippen molar-refractivity contribution in [3.63, 3.8) is 0 Å². The van der Waals surface area contributed by atoms with Gasteiger partial charge in [0.25, 0.3) is 0 Å². The maximum absolute atomic E-state index is 11.9. The summed E-state index contributed by atoms with van der Waals surface area (Å²) in [6, 6.07) is 9.35. The van der Waals surface area contributed by atoms with Crippen LogP contribution in [0.25, 0.3) is 0 Å². The summed E-state index contributed by atoms with van der Waals surface area (Å²) in [7, 11) is 2.78. The van der Waals surface area contributed by atoms with Crippen LogP contribution in [0.1, 0.15) is 11.1 Å². The summed E-state index contributed by atoms with van der Waals surface area (Å²) in [6.07, 6.45) is -0.586. The number of rotatable bonds is 6. The minimum atomic E-state index is -0.823. The summed E-state index contributed by atoms with van der Waals surface area (Å²) in [5.41, 5.74) is 0.558. The number of ether oxygens (including phenoxy) is 3. The number of phenolic OH excluding ortho intramolecular Hbond substituents is 2. The molecule has 7 nitrogen and oxygen atoms in total. The zero-order valence-electron chi connectivity index (χ0n) is 13.8. The van der Waals surface area contributed by atoms with Crippen LogP contribution >= 0.6 is 0 Å². The van der Waals surface area contributed by atoms with Gasteiger partial charge in [-0.1, -0.05) is 24.3 Å². The van der Waals surface area contributed by atoms with E-state index in [1.54, 1.807) is 24.3 Å².